The molecule has 1 aromatic heterocycles. The zero-order valence-corrected chi connectivity index (χ0v) is 14.1. The Morgan fingerprint density at radius 2 is 2.00 bits per heavy atom. The molecule has 5 heteroatoms. The van der Waals surface area contributed by atoms with Gasteiger partial charge >= 0.3 is 0 Å². The second-order valence-corrected chi connectivity index (χ2v) is 6.71. The third-order valence-electron chi connectivity index (χ3n) is 3.97. The van der Waals surface area contributed by atoms with Crippen LogP contribution in [0.5, 0.6) is 5.75 Å². The molecule has 0 saturated heterocycles. The molecule has 1 heterocycles. The third kappa shape index (κ3) is 6.02. The molecular weight excluding hydrogens is 290 g/mol. The highest BCUT2D eigenvalue weighted by Gasteiger charge is 2.24. The van der Waals surface area contributed by atoms with E-state index in [0.29, 0.717) is 0 Å². The van der Waals surface area contributed by atoms with E-state index in [9.17, 15) is 5.11 Å². The summed E-state index contributed by atoms with van der Waals surface area (Å²) in [4.78, 5) is 4.05. The van der Waals surface area contributed by atoms with Crippen LogP contribution in [0.2, 0.25) is 0 Å². The van der Waals surface area contributed by atoms with E-state index >= 15 is 0 Å². The fraction of sp³-hybridized carbons (Fsp3) is 0.556. The van der Waals surface area contributed by atoms with E-state index < -0.39 is 0 Å². The van der Waals surface area contributed by atoms with Crippen LogP contribution in [0.4, 0.5) is 0 Å². The number of aliphatic hydroxyl groups is 1. The number of nitrogens with zero attached hydrogens (tertiary/aromatic N) is 3. The number of unbranched alkanes of at least 4 members (excludes halogenated alkanes) is 1. The molecule has 0 aliphatic carbocycles. The van der Waals surface area contributed by atoms with Crippen LogP contribution < -0.4 is 4.74 Å². The van der Waals surface area contributed by atoms with Gasteiger partial charge in [0.2, 0.25) is 0 Å². The van der Waals surface area contributed by atoms with Crippen molar-refractivity contribution in [3.05, 3.63) is 43.0 Å². The van der Waals surface area contributed by atoms with E-state index in [2.05, 4.69) is 23.9 Å². The molecule has 0 saturated carbocycles. The van der Waals surface area contributed by atoms with Crippen molar-refractivity contribution in [1.29, 1.82) is 0 Å². The monoisotopic (exact) mass is 317 g/mol. The first-order valence-corrected chi connectivity index (χ1v) is 8.23. The Kier molecular flexibility index (Phi) is 6.59. The summed E-state index contributed by atoms with van der Waals surface area (Å²) < 4.78 is 7.64. The van der Waals surface area contributed by atoms with Gasteiger partial charge in [-0.05, 0) is 43.2 Å². The predicted molar refractivity (Wildman–Crippen MR) is 90.3 cm³/mol. The van der Waals surface area contributed by atoms with E-state index in [-0.39, 0.29) is 18.1 Å². The van der Waals surface area contributed by atoms with Gasteiger partial charge in [0.1, 0.15) is 18.4 Å². The molecule has 1 atom stereocenters. The van der Waals surface area contributed by atoms with Crippen molar-refractivity contribution in [3.63, 3.8) is 0 Å². The number of rotatable bonds is 10. The Hall–Kier alpha value is -1.88. The molecule has 2 rings (SSSR count). The summed E-state index contributed by atoms with van der Waals surface area (Å²) in [7, 11) is 0. The molecule has 5 nitrogen and oxygen atoms in total. The molecule has 126 valence electrons. The molecule has 1 N–H and O–H groups in total. The van der Waals surface area contributed by atoms with Gasteiger partial charge in [-0.25, -0.2) is 9.67 Å². The molecule has 0 fully saturated rings. The number of benzene rings is 1. The van der Waals surface area contributed by atoms with E-state index in [1.54, 1.807) is 12.7 Å². The highest BCUT2D eigenvalue weighted by atomic mass is 16.5. The summed E-state index contributed by atoms with van der Waals surface area (Å²) in [5.41, 5.74) is -0.114. The van der Waals surface area contributed by atoms with Gasteiger partial charge in [0.05, 0.1) is 12.6 Å². The first-order valence-electron chi connectivity index (χ1n) is 8.23. The average Bonchev–Trinajstić information content (AvgIpc) is 3.09. The van der Waals surface area contributed by atoms with Gasteiger partial charge in [0, 0.05) is 6.61 Å². The Morgan fingerprint density at radius 1 is 1.22 bits per heavy atom. The van der Waals surface area contributed by atoms with Crippen molar-refractivity contribution in [2.45, 2.75) is 45.6 Å². The predicted octanol–water partition coefficient (Wildman–Crippen LogP) is 3.48. The van der Waals surface area contributed by atoms with Crippen LogP contribution in [-0.2, 0) is 0 Å². The van der Waals surface area contributed by atoms with Crippen molar-refractivity contribution in [1.82, 2.24) is 14.8 Å². The van der Waals surface area contributed by atoms with Crippen LogP contribution in [0.15, 0.2) is 43.0 Å². The normalized spacial score (nSPS) is 13.0. The lowest BCUT2D eigenvalue weighted by molar-refractivity contribution is 0.125. The first-order chi connectivity index (χ1) is 11.1. The lowest BCUT2D eigenvalue weighted by Crippen LogP contribution is -2.23. The fourth-order valence-electron chi connectivity index (χ4n) is 2.62. The maximum atomic E-state index is 9.51. The second-order valence-electron chi connectivity index (χ2n) is 6.71. The lowest BCUT2D eigenvalue weighted by atomic mass is 9.85. The summed E-state index contributed by atoms with van der Waals surface area (Å²) >= 11 is 0. The van der Waals surface area contributed by atoms with E-state index in [0.717, 1.165) is 38.0 Å². The van der Waals surface area contributed by atoms with Gasteiger partial charge in [-0.2, -0.15) is 5.10 Å². The SMILES string of the molecule is CC(C)(CO)CC(CCCCOc1ccccc1)n1cncn1. The van der Waals surface area contributed by atoms with Crippen LogP contribution in [-0.4, -0.2) is 33.1 Å². The summed E-state index contributed by atoms with van der Waals surface area (Å²) in [6, 6.07) is 10.2. The molecular formula is C18H27N3O2. The smallest absolute Gasteiger partial charge is 0.137 e. The van der Waals surface area contributed by atoms with E-state index in [4.69, 9.17) is 4.74 Å². The number of hydrogen-bond donors (Lipinski definition) is 1. The Balaban J connectivity index is 1.77. The van der Waals surface area contributed by atoms with Gasteiger partial charge in [-0.3, -0.25) is 0 Å². The minimum atomic E-state index is -0.114. The van der Waals surface area contributed by atoms with Crippen molar-refractivity contribution in [2.24, 2.45) is 5.41 Å². The fourth-order valence-corrected chi connectivity index (χ4v) is 2.62. The zero-order valence-electron chi connectivity index (χ0n) is 14.1. The quantitative estimate of drug-likeness (QED) is 0.682. The van der Waals surface area contributed by atoms with Gasteiger partial charge in [0.25, 0.3) is 0 Å². The molecule has 0 amide bonds. The van der Waals surface area contributed by atoms with E-state index in [1.807, 2.05) is 35.0 Å². The molecule has 0 radical (unpaired) electrons. The summed E-state index contributed by atoms with van der Waals surface area (Å²) in [6.45, 7) is 5.05. The van der Waals surface area contributed by atoms with Crippen LogP contribution in [0, 0.1) is 5.41 Å². The molecule has 1 unspecified atom stereocenters. The molecule has 1 aromatic carbocycles. The molecule has 0 bridgehead atoms. The third-order valence-corrected chi connectivity index (χ3v) is 3.97. The second kappa shape index (κ2) is 8.67. The Bertz CT molecular complexity index is 541. The van der Waals surface area contributed by atoms with Crippen LogP contribution >= 0.6 is 0 Å². The molecule has 23 heavy (non-hydrogen) atoms. The maximum absolute atomic E-state index is 9.51. The molecule has 0 spiro atoms. The first kappa shape index (κ1) is 17.5. The van der Waals surface area contributed by atoms with Crippen LogP contribution in [0.25, 0.3) is 0 Å². The van der Waals surface area contributed by atoms with Crippen LogP contribution in [0.3, 0.4) is 0 Å². The van der Waals surface area contributed by atoms with E-state index in [1.165, 1.54) is 0 Å². The number of hydrogen-bond acceptors (Lipinski definition) is 4. The minimum Gasteiger partial charge on any atom is -0.494 e. The van der Waals surface area contributed by atoms with Crippen molar-refractivity contribution < 1.29 is 9.84 Å². The van der Waals surface area contributed by atoms with Gasteiger partial charge < -0.3 is 9.84 Å². The molecule has 0 aliphatic rings. The largest absolute Gasteiger partial charge is 0.494 e. The van der Waals surface area contributed by atoms with Crippen molar-refractivity contribution in [3.8, 4) is 5.75 Å². The minimum absolute atomic E-state index is 0.114. The molecule has 2 aromatic rings. The number of ether oxygens (including phenoxy) is 1. The number of para-hydroxylation sites is 1. The highest BCUT2D eigenvalue weighted by Crippen LogP contribution is 2.30. The number of aliphatic hydroxyl groups excluding tert-OH is 1. The number of aromatic nitrogens is 3. The summed E-state index contributed by atoms with van der Waals surface area (Å²) in [6.07, 6.45) is 7.27. The summed E-state index contributed by atoms with van der Waals surface area (Å²) in [5, 5.41) is 13.8. The van der Waals surface area contributed by atoms with Crippen LogP contribution in [0.1, 0.15) is 45.6 Å². The van der Waals surface area contributed by atoms with Crippen molar-refractivity contribution >= 4 is 0 Å². The van der Waals surface area contributed by atoms with Gasteiger partial charge in [-0.15, -0.1) is 0 Å². The van der Waals surface area contributed by atoms with Gasteiger partial charge in [0.15, 0.2) is 0 Å². The highest BCUT2D eigenvalue weighted by molar-refractivity contribution is 5.20. The zero-order chi connectivity index (χ0) is 16.5. The molecule has 0 aliphatic heterocycles. The lowest BCUT2D eigenvalue weighted by Gasteiger charge is -2.28. The Morgan fingerprint density at radius 3 is 2.65 bits per heavy atom. The maximum Gasteiger partial charge on any atom is 0.137 e. The Labute approximate surface area is 138 Å². The van der Waals surface area contributed by atoms with Gasteiger partial charge in [-0.1, -0.05) is 32.0 Å². The van der Waals surface area contributed by atoms with Crippen molar-refractivity contribution in [2.75, 3.05) is 13.2 Å². The summed E-state index contributed by atoms with van der Waals surface area (Å²) in [5.74, 6) is 0.918. The standard InChI is InChI=1S/C18H27N3O2/c1-18(2,13-22)12-16(21-15-19-14-20-21)8-6-7-11-23-17-9-4-3-5-10-17/h3-5,9-10,14-16,22H,6-8,11-13H2,1-2H3. The average molecular weight is 317 g/mol. The topological polar surface area (TPSA) is 60.2 Å².